The number of carbonyl (C=O) groups is 3. The fourth-order valence-corrected chi connectivity index (χ4v) is 4.34. The van der Waals surface area contributed by atoms with Crippen LogP contribution in [0.4, 0.5) is 0 Å². The van der Waals surface area contributed by atoms with E-state index in [0.29, 0.717) is 29.9 Å². The van der Waals surface area contributed by atoms with E-state index in [-0.39, 0.29) is 16.8 Å². The van der Waals surface area contributed by atoms with Gasteiger partial charge in [-0.05, 0) is 49.4 Å². The van der Waals surface area contributed by atoms with Gasteiger partial charge in [0.05, 0.1) is 17.7 Å². The zero-order valence-electron chi connectivity index (χ0n) is 20.5. The topological polar surface area (TPSA) is 127 Å². The van der Waals surface area contributed by atoms with Gasteiger partial charge in [0.1, 0.15) is 6.54 Å². The van der Waals surface area contributed by atoms with Gasteiger partial charge in [-0.25, -0.2) is 0 Å². The van der Waals surface area contributed by atoms with E-state index < -0.39 is 29.6 Å². The Morgan fingerprint density at radius 1 is 0.892 bits per heavy atom. The molecule has 5 N–H and O–H groups in total. The third-order valence-electron chi connectivity index (χ3n) is 5.49. The molecule has 1 aliphatic rings. The van der Waals surface area contributed by atoms with Crippen molar-refractivity contribution < 1.29 is 14.4 Å². The maximum Gasteiger partial charge on any atom is 0.291 e. The number of hydrogen-bond donors (Lipinski definition) is 5. The van der Waals surface area contributed by atoms with Crippen molar-refractivity contribution in [1.29, 1.82) is 0 Å². The summed E-state index contributed by atoms with van der Waals surface area (Å²) in [5.74, 6) is -2.97. The Kier molecular flexibility index (Phi) is 10.0. The summed E-state index contributed by atoms with van der Waals surface area (Å²) < 4.78 is 0. The number of nitrogens with one attached hydrogen (secondary N) is 5. The molecule has 12 heteroatoms. The van der Waals surface area contributed by atoms with Crippen molar-refractivity contribution in [3.05, 3.63) is 71.8 Å². The highest BCUT2D eigenvalue weighted by Gasteiger charge is 2.51. The number of hydrazine groups is 1. The third-order valence-corrected chi connectivity index (χ3v) is 5.97. The second kappa shape index (κ2) is 13.4. The SMILES string of the molecule is CCNC(=S)N/N=C(\c1ccccc1)C1C(=O)C(=O)N(CC(=O)NNC(=S)NCC)C1c1ccccc1. The van der Waals surface area contributed by atoms with Crippen molar-refractivity contribution >= 4 is 58.0 Å². The second-order valence-corrected chi connectivity index (χ2v) is 8.81. The van der Waals surface area contributed by atoms with Crippen LogP contribution in [0.5, 0.6) is 0 Å². The van der Waals surface area contributed by atoms with E-state index >= 15 is 0 Å². The molecular formula is C25H29N7O3S2. The minimum atomic E-state index is -0.988. The summed E-state index contributed by atoms with van der Waals surface area (Å²) in [6.45, 7) is 4.55. The van der Waals surface area contributed by atoms with Crippen LogP contribution < -0.4 is 26.9 Å². The molecule has 2 aromatic rings. The Labute approximate surface area is 226 Å². The molecule has 37 heavy (non-hydrogen) atoms. The molecule has 1 saturated heterocycles. The zero-order chi connectivity index (χ0) is 26.8. The number of rotatable bonds is 8. The summed E-state index contributed by atoms with van der Waals surface area (Å²) in [6.07, 6.45) is 0. The first kappa shape index (κ1) is 27.7. The molecule has 2 unspecified atom stereocenters. The lowest BCUT2D eigenvalue weighted by Gasteiger charge is -2.28. The van der Waals surface area contributed by atoms with E-state index in [9.17, 15) is 14.4 Å². The molecule has 1 fully saturated rings. The Hall–Kier alpha value is -3.90. The highest BCUT2D eigenvalue weighted by atomic mass is 32.1. The maximum atomic E-state index is 13.5. The van der Waals surface area contributed by atoms with Crippen LogP contribution >= 0.6 is 24.4 Å². The summed E-state index contributed by atoms with van der Waals surface area (Å²) in [5.41, 5.74) is 9.50. The van der Waals surface area contributed by atoms with E-state index in [1.54, 1.807) is 12.1 Å². The molecule has 0 aromatic heterocycles. The summed E-state index contributed by atoms with van der Waals surface area (Å²) in [4.78, 5) is 40.8. The average molecular weight is 540 g/mol. The number of amides is 2. The van der Waals surface area contributed by atoms with Gasteiger partial charge in [-0.15, -0.1) is 0 Å². The number of nitrogens with zero attached hydrogens (tertiary/aromatic N) is 2. The van der Waals surface area contributed by atoms with Gasteiger partial charge in [0.25, 0.3) is 11.8 Å². The minimum absolute atomic E-state index is 0.235. The number of likely N-dealkylation sites (tertiary alicyclic amines) is 1. The fraction of sp³-hybridized carbons (Fsp3) is 0.280. The molecule has 1 heterocycles. The summed E-state index contributed by atoms with van der Waals surface area (Å²) >= 11 is 10.3. The number of hydrogen-bond acceptors (Lipinski definition) is 6. The predicted octanol–water partition coefficient (Wildman–Crippen LogP) is 1.16. The van der Waals surface area contributed by atoms with Crippen LogP contribution in [-0.4, -0.2) is 58.1 Å². The van der Waals surface area contributed by atoms with E-state index in [4.69, 9.17) is 24.4 Å². The Bertz CT molecular complexity index is 1180. The lowest BCUT2D eigenvalue weighted by Crippen LogP contribution is -2.50. The molecule has 2 aromatic carbocycles. The van der Waals surface area contributed by atoms with Crippen LogP contribution in [0.1, 0.15) is 31.0 Å². The van der Waals surface area contributed by atoms with Gasteiger partial charge in [0.15, 0.2) is 10.2 Å². The molecule has 0 spiro atoms. The number of thiocarbonyl (C=S) groups is 2. The summed E-state index contributed by atoms with van der Waals surface area (Å²) in [6, 6.07) is 17.4. The quantitative estimate of drug-likeness (QED) is 0.145. The molecule has 2 atom stereocenters. The van der Waals surface area contributed by atoms with Gasteiger partial charge < -0.3 is 15.5 Å². The third kappa shape index (κ3) is 7.08. The number of benzene rings is 2. The number of Topliss-reactive ketones (excluding diaryl/α,β-unsaturated/α-hetero) is 1. The van der Waals surface area contributed by atoms with Crippen LogP contribution in [0.25, 0.3) is 0 Å². The molecule has 0 bridgehead atoms. The number of hydrazone groups is 1. The van der Waals surface area contributed by atoms with Gasteiger partial charge in [-0.3, -0.25) is 30.7 Å². The summed E-state index contributed by atoms with van der Waals surface area (Å²) in [5, 5.41) is 10.8. The van der Waals surface area contributed by atoms with E-state index in [2.05, 4.69) is 32.0 Å². The van der Waals surface area contributed by atoms with Gasteiger partial charge in [-0.1, -0.05) is 60.7 Å². The lowest BCUT2D eigenvalue weighted by molar-refractivity contribution is -0.142. The Morgan fingerprint density at radius 3 is 2.11 bits per heavy atom. The first-order valence-electron chi connectivity index (χ1n) is 11.8. The van der Waals surface area contributed by atoms with Crippen molar-refractivity contribution in [2.24, 2.45) is 11.0 Å². The first-order valence-corrected chi connectivity index (χ1v) is 12.6. The van der Waals surface area contributed by atoms with Crippen LogP contribution in [-0.2, 0) is 14.4 Å². The standard InChI is InChI=1S/C25H29N7O3S2/c1-3-26-24(36)30-28-18(33)15-32-21(17-13-9-6-10-14-17)19(22(34)23(32)35)20(16-11-7-5-8-12-16)29-31-25(37)27-4-2/h5-14,19,21H,3-4,15H2,1-2H3,(H,28,33)(H2,26,30,36)(H2,27,31,37)/b29-20+. The van der Waals surface area contributed by atoms with Gasteiger partial charge in [0, 0.05) is 13.1 Å². The lowest BCUT2D eigenvalue weighted by atomic mass is 9.85. The molecule has 3 rings (SSSR count). The van der Waals surface area contributed by atoms with E-state index in [0.717, 1.165) is 0 Å². The maximum absolute atomic E-state index is 13.5. The minimum Gasteiger partial charge on any atom is -0.362 e. The summed E-state index contributed by atoms with van der Waals surface area (Å²) in [7, 11) is 0. The highest BCUT2D eigenvalue weighted by Crippen LogP contribution is 2.38. The van der Waals surface area contributed by atoms with Crippen molar-refractivity contribution in [3.63, 3.8) is 0 Å². The highest BCUT2D eigenvalue weighted by molar-refractivity contribution is 7.80. The molecule has 0 aliphatic carbocycles. The van der Waals surface area contributed by atoms with Crippen LogP contribution in [0.3, 0.4) is 0 Å². The number of ketones is 1. The molecular weight excluding hydrogens is 510 g/mol. The van der Waals surface area contributed by atoms with Gasteiger partial charge in [0.2, 0.25) is 5.78 Å². The molecule has 0 radical (unpaired) electrons. The molecule has 0 saturated carbocycles. The van der Waals surface area contributed by atoms with Gasteiger partial charge in [-0.2, -0.15) is 5.10 Å². The smallest absolute Gasteiger partial charge is 0.291 e. The average Bonchev–Trinajstić information content (AvgIpc) is 3.14. The van der Waals surface area contributed by atoms with Crippen molar-refractivity contribution in [2.45, 2.75) is 19.9 Å². The predicted molar refractivity (Wildman–Crippen MR) is 149 cm³/mol. The second-order valence-electron chi connectivity index (χ2n) is 8.00. The Balaban J connectivity index is 2.00. The van der Waals surface area contributed by atoms with E-state index in [1.807, 2.05) is 62.4 Å². The van der Waals surface area contributed by atoms with E-state index in [1.165, 1.54) is 4.90 Å². The van der Waals surface area contributed by atoms with Crippen molar-refractivity contribution in [2.75, 3.05) is 19.6 Å². The van der Waals surface area contributed by atoms with Crippen LogP contribution in [0, 0.1) is 5.92 Å². The first-order chi connectivity index (χ1) is 17.9. The molecule has 1 aliphatic heterocycles. The molecule has 10 nitrogen and oxygen atoms in total. The van der Waals surface area contributed by atoms with Gasteiger partial charge >= 0.3 is 0 Å². The molecule has 194 valence electrons. The van der Waals surface area contributed by atoms with Crippen LogP contribution in [0.2, 0.25) is 0 Å². The molecule has 2 amide bonds. The zero-order valence-corrected chi connectivity index (χ0v) is 22.1. The monoisotopic (exact) mass is 539 g/mol. The normalized spacial score (nSPS) is 17.2. The largest absolute Gasteiger partial charge is 0.362 e. The van der Waals surface area contributed by atoms with Crippen molar-refractivity contribution in [3.8, 4) is 0 Å². The van der Waals surface area contributed by atoms with Crippen LogP contribution in [0.15, 0.2) is 65.8 Å². The Morgan fingerprint density at radius 2 is 1.49 bits per heavy atom. The van der Waals surface area contributed by atoms with Crippen molar-refractivity contribution in [1.82, 2.24) is 31.8 Å². The number of carbonyl (C=O) groups excluding carboxylic acids is 3. The fourth-order valence-electron chi connectivity index (χ4n) is 3.95.